The van der Waals surface area contributed by atoms with Crippen LogP contribution >= 0.6 is 0 Å². The van der Waals surface area contributed by atoms with E-state index in [2.05, 4.69) is 34.4 Å². The summed E-state index contributed by atoms with van der Waals surface area (Å²) < 4.78 is 0. The second kappa shape index (κ2) is 5.94. The van der Waals surface area contributed by atoms with Crippen LogP contribution in [0.2, 0.25) is 0 Å². The molecule has 0 aromatic carbocycles. The van der Waals surface area contributed by atoms with Gasteiger partial charge in [0.2, 0.25) is 0 Å². The number of aromatic nitrogens is 2. The number of nitrogens with zero attached hydrogens (tertiary/aromatic N) is 3. The average Bonchev–Trinajstić information content (AvgIpc) is 2.24. The van der Waals surface area contributed by atoms with Gasteiger partial charge in [0, 0.05) is 31.5 Å². The Morgan fingerprint density at radius 3 is 2.73 bits per heavy atom. The van der Waals surface area contributed by atoms with E-state index in [1.807, 2.05) is 6.07 Å². The Morgan fingerprint density at radius 1 is 1.33 bits per heavy atom. The van der Waals surface area contributed by atoms with Gasteiger partial charge in [-0.05, 0) is 0 Å². The van der Waals surface area contributed by atoms with E-state index in [9.17, 15) is 0 Å². The van der Waals surface area contributed by atoms with Crippen LogP contribution in [0, 0.1) is 11.3 Å². The van der Waals surface area contributed by atoms with E-state index >= 15 is 0 Å². The zero-order chi connectivity index (χ0) is 11.1. The highest BCUT2D eigenvalue weighted by Gasteiger charge is 2.02. The molecular formula is C10H15N5. The molecule has 1 heterocycles. The van der Waals surface area contributed by atoms with Crippen LogP contribution in [0.15, 0.2) is 12.4 Å². The summed E-state index contributed by atoms with van der Waals surface area (Å²) in [5.41, 5.74) is 0.335. The second-order valence-electron chi connectivity index (χ2n) is 3.40. The Morgan fingerprint density at radius 2 is 2.07 bits per heavy atom. The molecule has 0 unspecified atom stereocenters. The minimum atomic E-state index is 0.335. The molecule has 0 bridgehead atoms. The number of nitrogens with one attached hydrogen (secondary N) is 2. The molecule has 5 heteroatoms. The molecule has 2 N–H and O–H groups in total. The van der Waals surface area contributed by atoms with Crippen molar-refractivity contribution in [3.63, 3.8) is 0 Å². The lowest BCUT2D eigenvalue weighted by Crippen LogP contribution is -2.28. The first-order valence-electron chi connectivity index (χ1n) is 4.92. The summed E-state index contributed by atoms with van der Waals surface area (Å²) in [6, 6.07) is 2.45. The minimum absolute atomic E-state index is 0.335. The largest absolute Gasteiger partial charge is 0.366 e. The molecule has 0 saturated heterocycles. The fourth-order valence-corrected chi connectivity index (χ4v) is 1.09. The predicted molar refractivity (Wildman–Crippen MR) is 58.4 cm³/mol. The Bertz CT molecular complexity index is 342. The van der Waals surface area contributed by atoms with Gasteiger partial charge >= 0.3 is 0 Å². The van der Waals surface area contributed by atoms with Crippen molar-refractivity contribution in [2.75, 3.05) is 18.4 Å². The van der Waals surface area contributed by atoms with E-state index in [0.29, 0.717) is 17.6 Å². The first-order valence-corrected chi connectivity index (χ1v) is 4.92. The maximum absolute atomic E-state index is 8.76. The predicted octanol–water partition coefficient (Wildman–Crippen LogP) is 0.758. The SMILES string of the molecule is CC(C)NCCNc1nccnc1C#N. The van der Waals surface area contributed by atoms with Gasteiger partial charge in [-0.3, -0.25) is 0 Å². The van der Waals surface area contributed by atoms with Crippen LogP contribution in [0.3, 0.4) is 0 Å². The Kier molecular flexibility index (Phi) is 4.51. The third-order valence-corrected chi connectivity index (χ3v) is 1.77. The van der Waals surface area contributed by atoms with Crippen LogP contribution in [0.25, 0.3) is 0 Å². The summed E-state index contributed by atoms with van der Waals surface area (Å²) in [7, 11) is 0. The molecule has 0 spiro atoms. The van der Waals surface area contributed by atoms with E-state index in [-0.39, 0.29) is 0 Å². The van der Waals surface area contributed by atoms with Crippen molar-refractivity contribution in [3.05, 3.63) is 18.1 Å². The second-order valence-corrected chi connectivity index (χ2v) is 3.40. The van der Waals surface area contributed by atoms with E-state index in [4.69, 9.17) is 5.26 Å². The summed E-state index contributed by atoms with van der Waals surface area (Å²) >= 11 is 0. The number of anilines is 1. The van der Waals surface area contributed by atoms with Crippen LogP contribution in [-0.2, 0) is 0 Å². The Labute approximate surface area is 89.6 Å². The summed E-state index contributed by atoms with van der Waals surface area (Å²) in [6.45, 7) is 5.73. The highest BCUT2D eigenvalue weighted by molar-refractivity contribution is 5.46. The van der Waals surface area contributed by atoms with Gasteiger partial charge in [-0.25, -0.2) is 9.97 Å². The molecule has 0 saturated carbocycles. The maximum Gasteiger partial charge on any atom is 0.182 e. The minimum Gasteiger partial charge on any atom is -0.366 e. The quantitative estimate of drug-likeness (QED) is 0.694. The van der Waals surface area contributed by atoms with Crippen LogP contribution in [0.4, 0.5) is 5.82 Å². The molecule has 1 rings (SSSR count). The highest BCUT2D eigenvalue weighted by atomic mass is 15.0. The van der Waals surface area contributed by atoms with Crippen LogP contribution < -0.4 is 10.6 Å². The lowest BCUT2D eigenvalue weighted by atomic mass is 10.4. The van der Waals surface area contributed by atoms with Gasteiger partial charge in [0.05, 0.1) is 0 Å². The maximum atomic E-state index is 8.76. The molecule has 15 heavy (non-hydrogen) atoms. The molecular weight excluding hydrogens is 190 g/mol. The fraction of sp³-hybridized carbons (Fsp3) is 0.500. The van der Waals surface area contributed by atoms with Gasteiger partial charge < -0.3 is 10.6 Å². The van der Waals surface area contributed by atoms with Crippen molar-refractivity contribution in [1.29, 1.82) is 5.26 Å². The number of rotatable bonds is 5. The normalized spacial score (nSPS) is 10.0. The topological polar surface area (TPSA) is 73.6 Å². The summed E-state index contributed by atoms with van der Waals surface area (Å²) in [5, 5.41) is 15.1. The van der Waals surface area contributed by atoms with Gasteiger partial charge in [0.15, 0.2) is 11.5 Å². The van der Waals surface area contributed by atoms with Crippen molar-refractivity contribution < 1.29 is 0 Å². The molecule has 0 aliphatic rings. The molecule has 0 amide bonds. The smallest absolute Gasteiger partial charge is 0.182 e. The molecule has 0 radical (unpaired) electrons. The molecule has 5 nitrogen and oxygen atoms in total. The first kappa shape index (κ1) is 11.4. The van der Waals surface area contributed by atoms with Gasteiger partial charge in [0.1, 0.15) is 6.07 Å². The monoisotopic (exact) mass is 205 g/mol. The lowest BCUT2D eigenvalue weighted by Gasteiger charge is -2.09. The molecule has 1 aromatic rings. The van der Waals surface area contributed by atoms with Crippen molar-refractivity contribution in [2.24, 2.45) is 0 Å². The van der Waals surface area contributed by atoms with E-state index in [1.165, 1.54) is 6.20 Å². The first-order chi connectivity index (χ1) is 7.24. The third-order valence-electron chi connectivity index (χ3n) is 1.77. The lowest BCUT2D eigenvalue weighted by molar-refractivity contribution is 0.602. The van der Waals surface area contributed by atoms with Crippen LogP contribution in [0.1, 0.15) is 19.5 Å². The molecule has 0 aliphatic carbocycles. The summed E-state index contributed by atoms with van der Waals surface area (Å²) in [4.78, 5) is 7.95. The average molecular weight is 205 g/mol. The molecule has 0 atom stereocenters. The summed E-state index contributed by atoms with van der Waals surface area (Å²) in [6.07, 6.45) is 3.08. The molecule has 0 fully saturated rings. The van der Waals surface area contributed by atoms with Crippen molar-refractivity contribution in [2.45, 2.75) is 19.9 Å². The summed E-state index contributed by atoms with van der Waals surface area (Å²) in [5.74, 6) is 0.547. The van der Waals surface area contributed by atoms with Gasteiger partial charge in [0.25, 0.3) is 0 Å². The van der Waals surface area contributed by atoms with E-state index in [1.54, 1.807) is 6.20 Å². The van der Waals surface area contributed by atoms with E-state index in [0.717, 1.165) is 13.1 Å². The fourth-order valence-electron chi connectivity index (χ4n) is 1.09. The Hall–Kier alpha value is -1.67. The highest BCUT2D eigenvalue weighted by Crippen LogP contribution is 2.04. The standard InChI is InChI=1S/C10H15N5/c1-8(2)12-3-5-14-10-9(7-11)13-4-6-15-10/h4,6,8,12H,3,5H2,1-2H3,(H,14,15). The van der Waals surface area contributed by atoms with Crippen molar-refractivity contribution in [1.82, 2.24) is 15.3 Å². The number of nitriles is 1. The van der Waals surface area contributed by atoms with Crippen molar-refractivity contribution >= 4 is 5.82 Å². The molecule has 1 aromatic heterocycles. The molecule has 80 valence electrons. The zero-order valence-corrected chi connectivity index (χ0v) is 8.99. The van der Waals surface area contributed by atoms with Gasteiger partial charge in [-0.1, -0.05) is 13.8 Å². The molecule has 0 aliphatic heterocycles. The number of hydrogen-bond acceptors (Lipinski definition) is 5. The van der Waals surface area contributed by atoms with Gasteiger partial charge in [-0.15, -0.1) is 0 Å². The van der Waals surface area contributed by atoms with Crippen LogP contribution in [0.5, 0.6) is 0 Å². The Balaban J connectivity index is 2.41. The van der Waals surface area contributed by atoms with Crippen LogP contribution in [-0.4, -0.2) is 29.1 Å². The third kappa shape index (κ3) is 3.92. The van der Waals surface area contributed by atoms with E-state index < -0.39 is 0 Å². The van der Waals surface area contributed by atoms with Crippen molar-refractivity contribution in [3.8, 4) is 6.07 Å². The zero-order valence-electron chi connectivity index (χ0n) is 8.99. The number of hydrogen-bond donors (Lipinski definition) is 2. The van der Waals surface area contributed by atoms with Gasteiger partial charge in [-0.2, -0.15) is 5.26 Å².